The summed E-state index contributed by atoms with van der Waals surface area (Å²) in [5, 5.41) is 5.03. The molecule has 0 aromatic heterocycles. The molecule has 0 spiro atoms. The van der Waals surface area contributed by atoms with Crippen molar-refractivity contribution in [3.63, 3.8) is 0 Å². The van der Waals surface area contributed by atoms with Crippen LogP contribution in [0.4, 0.5) is 0 Å². The predicted octanol–water partition coefficient (Wildman–Crippen LogP) is 10.1. The fourth-order valence-corrected chi connectivity index (χ4v) is 4.44. The van der Waals surface area contributed by atoms with Crippen LogP contribution >= 0.6 is 0 Å². The zero-order chi connectivity index (χ0) is 24.9. The number of hydrogen-bond acceptors (Lipinski definition) is 1. The van der Waals surface area contributed by atoms with Crippen molar-refractivity contribution >= 4 is 45.8 Å². The molecule has 1 heteroatoms. The van der Waals surface area contributed by atoms with Crippen molar-refractivity contribution in [2.45, 2.75) is 0 Å². The Morgan fingerprint density at radius 2 is 0.676 bits per heavy atom. The van der Waals surface area contributed by atoms with Crippen LogP contribution in [0.5, 0.6) is 11.5 Å². The van der Waals surface area contributed by atoms with Gasteiger partial charge in [0.25, 0.3) is 0 Å². The summed E-state index contributed by atoms with van der Waals surface area (Å²) in [5.41, 5.74) is 4.65. The molecule has 6 aromatic carbocycles. The summed E-state index contributed by atoms with van der Waals surface area (Å²) in [5.74, 6) is 1.64. The highest BCUT2D eigenvalue weighted by Crippen LogP contribution is 2.24. The van der Waals surface area contributed by atoms with Crippen LogP contribution in [-0.2, 0) is 0 Å². The predicted molar refractivity (Wildman–Crippen MR) is 159 cm³/mol. The Kier molecular flexibility index (Phi) is 6.34. The third-order valence-corrected chi connectivity index (χ3v) is 6.48. The lowest BCUT2D eigenvalue weighted by Crippen LogP contribution is -1.84. The quantitative estimate of drug-likeness (QED) is 0.218. The Labute approximate surface area is 217 Å². The topological polar surface area (TPSA) is 9.23 Å². The minimum Gasteiger partial charge on any atom is -0.457 e. The van der Waals surface area contributed by atoms with Gasteiger partial charge in [-0.25, -0.2) is 0 Å². The molecule has 0 radical (unpaired) electrons. The number of rotatable bonds is 6. The van der Waals surface area contributed by atoms with Gasteiger partial charge in [-0.2, -0.15) is 0 Å². The number of ether oxygens (including phenoxy) is 1. The molecule has 176 valence electrons. The molecule has 0 saturated heterocycles. The minimum atomic E-state index is 0.822. The highest BCUT2D eigenvalue weighted by molar-refractivity contribution is 5.87. The zero-order valence-electron chi connectivity index (χ0n) is 20.4. The molecular weight excluding hydrogens is 448 g/mol. The molecule has 0 N–H and O–H groups in total. The van der Waals surface area contributed by atoms with Gasteiger partial charge in [0.2, 0.25) is 0 Å². The van der Waals surface area contributed by atoms with Crippen LogP contribution in [0.1, 0.15) is 22.3 Å². The second-order valence-electron chi connectivity index (χ2n) is 9.12. The van der Waals surface area contributed by atoms with Gasteiger partial charge in [0.15, 0.2) is 0 Å². The van der Waals surface area contributed by atoms with Crippen molar-refractivity contribution in [1.29, 1.82) is 0 Å². The van der Waals surface area contributed by atoms with E-state index in [1.807, 2.05) is 24.3 Å². The van der Waals surface area contributed by atoms with Crippen LogP contribution in [0.2, 0.25) is 0 Å². The van der Waals surface area contributed by atoms with Crippen molar-refractivity contribution in [2.75, 3.05) is 0 Å². The molecule has 0 aliphatic rings. The fourth-order valence-electron chi connectivity index (χ4n) is 4.44. The maximum atomic E-state index is 6.06. The van der Waals surface area contributed by atoms with Crippen LogP contribution in [0.25, 0.3) is 45.8 Å². The summed E-state index contributed by atoms with van der Waals surface area (Å²) in [6.45, 7) is 0. The van der Waals surface area contributed by atoms with E-state index in [4.69, 9.17) is 4.74 Å². The maximum Gasteiger partial charge on any atom is 0.127 e. The van der Waals surface area contributed by atoms with Crippen LogP contribution < -0.4 is 4.74 Å². The number of hydrogen-bond donors (Lipinski definition) is 0. The van der Waals surface area contributed by atoms with Crippen molar-refractivity contribution in [3.05, 3.63) is 156 Å². The van der Waals surface area contributed by atoms with E-state index < -0.39 is 0 Å². The SMILES string of the molecule is C(=C\c1ccc2ccccc2c1)/c1ccc(Oc2ccc(/C=C/c3ccc4ccccc4c3)cc2)cc1. The molecule has 0 bridgehead atoms. The van der Waals surface area contributed by atoms with Gasteiger partial charge in [0, 0.05) is 0 Å². The molecular formula is C36H26O. The van der Waals surface area contributed by atoms with Gasteiger partial charge in [0.05, 0.1) is 0 Å². The van der Waals surface area contributed by atoms with Gasteiger partial charge in [-0.15, -0.1) is 0 Å². The van der Waals surface area contributed by atoms with Crippen molar-refractivity contribution in [2.24, 2.45) is 0 Å². The summed E-state index contributed by atoms with van der Waals surface area (Å²) in [4.78, 5) is 0. The number of benzene rings is 6. The first-order valence-corrected chi connectivity index (χ1v) is 12.5. The lowest BCUT2D eigenvalue weighted by Gasteiger charge is -2.06. The van der Waals surface area contributed by atoms with Gasteiger partial charge in [-0.3, -0.25) is 0 Å². The Hall–Kier alpha value is -4.88. The Morgan fingerprint density at radius 3 is 1.11 bits per heavy atom. The van der Waals surface area contributed by atoms with Crippen LogP contribution in [-0.4, -0.2) is 0 Å². The second-order valence-corrected chi connectivity index (χ2v) is 9.12. The average Bonchev–Trinajstić information content (AvgIpc) is 2.96. The standard InChI is InChI=1S/C36H26O/c1-3-7-33-25-29(13-19-31(33)5-1)11-9-27-15-21-35(22-16-27)37-36-23-17-28(18-24-36)10-12-30-14-20-32-6-2-4-8-34(32)26-30/h1-26H/b11-9+,12-10+. The average molecular weight is 475 g/mol. The first kappa shape index (κ1) is 22.6. The molecule has 6 aromatic rings. The zero-order valence-corrected chi connectivity index (χ0v) is 20.4. The Morgan fingerprint density at radius 1 is 0.324 bits per heavy atom. The minimum absolute atomic E-state index is 0.822. The summed E-state index contributed by atoms with van der Waals surface area (Å²) in [6, 6.07) is 46.2. The van der Waals surface area contributed by atoms with Crippen molar-refractivity contribution in [3.8, 4) is 11.5 Å². The normalized spacial score (nSPS) is 11.6. The summed E-state index contributed by atoms with van der Waals surface area (Å²) >= 11 is 0. The molecule has 0 aliphatic heterocycles. The molecule has 0 saturated carbocycles. The molecule has 0 amide bonds. The lowest BCUT2D eigenvalue weighted by atomic mass is 10.1. The Balaban J connectivity index is 1.08. The second kappa shape index (κ2) is 10.4. The monoisotopic (exact) mass is 474 g/mol. The molecule has 0 fully saturated rings. The molecule has 0 unspecified atom stereocenters. The van der Waals surface area contributed by atoms with Gasteiger partial charge < -0.3 is 4.74 Å². The van der Waals surface area contributed by atoms with Crippen LogP contribution in [0, 0.1) is 0 Å². The van der Waals surface area contributed by atoms with E-state index in [0.29, 0.717) is 0 Å². The van der Waals surface area contributed by atoms with Gasteiger partial charge in [0.1, 0.15) is 11.5 Å². The highest BCUT2D eigenvalue weighted by Gasteiger charge is 1.99. The molecule has 6 rings (SSSR count). The van der Waals surface area contributed by atoms with Crippen LogP contribution in [0.3, 0.4) is 0 Å². The molecule has 0 atom stereocenters. The first-order chi connectivity index (χ1) is 18.3. The summed E-state index contributed by atoms with van der Waals surface area (Å²) < 4.78 is 6.06. The van der Waals surface area contributed by atoms with E-state index in [9.17, 15) is 0 Å². The van der Waals surface area contributed by atoms with E-state index in [1.165, 1.54) is 32.7 Å². The lowest BCUT2D eigenvalue weighted by molar-refractivity contribution is 0.482. The maximum absolute atomic E-state index is 6.06. The molecule has 37 heavy (non-hydrogen) atoms. The van der Waals surface area contributed by atoms with E-state index in [1.54, 1.807) is 0 Å². The third-order valence-electron chi connectivity index (χ3n) is 6.48. The summed E-state index contributed by atoms with van der Waals surface area (Å²) in [7, 11) is 0. The van der Waals surface area contributed by atoms with Crippen molar-refractivity contribution < 1.29 is 4.74 Å². The van der Waals surface area contributed by atoms with Gasteiger partial charge in [-0.1, -0.05) is 121 Å². The van der Waals surface area contributed by atoms with Gasteiger partial charge in [-0.05, 0) is 80.2 Å². The fraction of sp³-hybridized carbons (Fsp3) is 0. The molecule has 1 nitrogen and oxygen atoms in total. The highest BCUT2D eigenvalue weighted by atomic mass is 16.5. The first-order valence-electron chi connectivity index (χ1n) is 12.5. The van der Waals surface area contributed by atoms with Crippen LogP contribution in [0.15, 0.2) is 133 Å². The molecule has 0 heterocycles. The molecule has 0 aliphatic carbocycles. The van der Waals surface area contributed by atoms with E-state index in [-0.39, 0.29) is 0 Å². The Bertz CT molecular complexity index is 1590. The van der Waals surface area contributed by atoms with E-state index >= 15 is 0 Å². The van der Waals surface area contributed by atoms with Gasteiger partial charge >= 0.3 is 0 Å². The number of fused-ring (bicyclic) bond motifs is 2. The third kappa shape index (κ3) is 5.52. The largest absolute Gasteiger partial charge is 0.457 e. The van der Waals surface area contributed by atoms with Crippen molar-refractivity contribution in [1.82, 2.24) is 0 Å². The van der Waals surface area contributed by atoms with E-state index in [0.717, 1.165) is 22.6 Å². The van der Waals surface area contributed by atoms with E-state index in [2.05, 4.69) is 133 Å². The smallest absolute Gasteiger partial charge is 0.127 e. The summed E-state index contributed by atoms with van der Waals surface area (Å²) in [6.07, 6.45) is 8.55.